The van der Waals surface area contributed by atoms with E-state index in [0.717, 1.165) is 11.3 Å². The van der Waals surface area contributed by atoms with Crippen LogP contribution in [0.5, 0.6) is 0 Å². The van der Waals surface area contributed by atoms with Crippen molar-refractivity contribution in [1.29, 1.82) is 0 Å². The van der Waals surface area contributed by atoms with Crippen LogP contribution in [0.1, 0.15) is 30.0 Å². The molecule has 128 valence electrons. The molecule has 5 heteroatoms. The fourth-order valence-corrected chi connectivity index (χ4v) is 2.69. The van der Waals surface area contributed by atoms with Crippen molar-refractivity contribution in [3.05, 3.63) is 66.0 Å². The zero-order valence-electron chi connectivity index (χ0n) is 14.8. The van der Waals surface area contributed by atoms with Gasteiger partial charge in [-0.1, -0.05) is 48.0 Å². The van der Waals surface area contributed by atoms with E-state index in [9.17, 15) is 4.79 Å². The summed E-state index contributed by atoms with van der Waals surface area (Å²) in [5.74, 6) is 0.746. The van der Waals surface area contributed by atoms with Crippen LogP contribution in [0, 0.1) is 6.92 Å². The van der Waals surface area contributed by atoms with Crippen LogP contribution in [0.25, 0.3) is 17.1 Å². The van der Waals surface area contributed by atoms with Crippen molar-refractivity contribution >= 4 is 5.91 Å². The van der Waals surface area contributed by atoms with Crippen molar-refractivity contribution in [2.75, 3.05) is 13.1 Å². The van der Waals surface area contributed by atoms with E-state index in [-0.39, 0.29) is 11.7 Å². The van der Waals surface area contributed by atoms with Crippen molar-refractivity contribution < 1.29 is 4.79 Å². The fraction of sp³-hybridized carbons (Fsp3) is 0.250. The third-order valence-corrected chi connectivity index (χ3v) is 4.16. The third-order valence-electron chi connectivity index (χ3n) is 4.16. The molecule has 1 heterocycles. The van der Waals surface area contributed by atoms with Crippen LogP contribution in [-0.2, 0) is 0 Å². The zero-order valence-corrected chi connectivity index (χ0v) is 14.8. The van der Waals surface area contributed by atoms with Gasteiger partial charge >= 0.3 is 0 Å². The number of nitrogens with zero attached hydrogens (tertiary/aromatic N) is 4. The van der Waals surface area contributed by atoms with E-state index in [2.05, 4.69) is 10.1 Å². The molecule has 0 bridgehead atoms. The number of amides is 1. The number of hydrogen-bond donors (Lipinski definition) is 0. The van der Waals surface area contributed by atoms with Gasteiger partial charge in [0.25, 0.3) is 5.91 Å². The fourth-order valence-electron chi connectivity index (χ4n) is 2.69. The van der Waals surface area contributed by atoms with E-state index in [4.69, 9.17) is 0 Å². The first kappa shape index (κ1) is 16.9. The molecule has 3 rings (SSSR count). The first-order chi connectivity index (χ1) is 12.1. The molecule has 0 aliphatic rings. The first-order valence-electron chi connectivity index (χ1n) is 8.52. The summed E-state index contributed by atoms with van der Waals surface area (Å²) < 4.78 is 1.74. The largest absolute Gasteiger partial charge is 0.336 e. The molecule has 25 heavy (non-hydrogen) atoms. The number of aryl methyl sites for hydroxylation is 1. The summed E-state index contributed by atoms with van der Waals surface area (Å²) in [5, 5.41) is 4.52. The van der Waals surface area contributed by atoms with Crippen LogP contribution < -0.4 is 0 Å². The van der Waals surface area contributed by atoms with E-state index in [0.29, 0.717) is 18.9 Å². The van der Waals surface area contributed by atoms with Gasteiger partial charge in [0, 0.05) is 18.7 Å². The number of hydrogen-bond acceptors (Lipinski definition) is 3. The van der Waals surface area contributed by atoms with Gasteiger partial charge in [0.15, 0.2) is 5.82 Å². The van der Waals surface area contributed by atoms with E-state index in [1.54, 1.807) is 9.58 Å². The van der Waals surface area contributed by atoms with Gasteiger partial charge in [0.1, 0.15) is 0 Å². The van der Waals surface area contributed by atoms with Gasteiger partial charge in [-0.3, -0.25) is 4.79 Å². The molecule has 0 fully saturated rings. The number of rotatable bonds is 5. The second kappa shape index (κ2) is 7.30. The molecular weight excluding hydrogens is 312 g/mol. The summed E-state index contributed by atoms with van der Waals surface area (Å²) in [7, 11) is 0. The highest BCUT2D eigenvalue weighted by molar-refractivity contribution is 5.91. The SMILES string of the molecule is CCN(CC)C(=O)c1nc(-c2ccccc2)n(-c2ccc(C)cc2)n1. The molecular formula is C20H22N4O. The van der Waals surface area contributed by atoms with E-state index in [1.807, 2.05) is 75.4 Å². The summed E-state index contributed by atoms with van der Waals surface area (Å²) in [6, 6.07) is 17.8. The van der Waals surface area contributed by atoms with Crippen molar-refractivity contribution in [3.63, 3.8) is 0 Å². The summed E-state index contributed by atoms with van der Waals surface area (Å²) in [4.78, 5) is 19.0. The van der Waals surface area contributed by atoms with Gasteiger partial charge in [0.2, 0.25) is 5.82 Å². The first-order valence-corrected chi connectivity index (χ1v) is 8.52. The van der Waals surface area contributed by atoms with Crippen LogP contribution in [-0.4, -0.2) is 38.7 Å². The van der Waals surface area contributed by atoms with E-state index < -0.39 is 0 Å². The predicted octanol–water partition coefficient (Wildman–Crippen LogP) is 3.72. The number of carbonyl (C=O) groups excluding carboxylic acids is 1. The molecule has 0 aliphatic carbocycles. The van der Waals surface area contributed by atoms with Crippen molar-refractivity contribution in [3.8, 4) is 17.1 Å². The third kappa shape index (κ3) is 3.45. The lowest BCUT2D eigenvalue weighted by atomic mass is 10.2. The highest BCUT2D eigenvalue weighted by Crippen LogP contribution is 2.21. The topological polar surface area (TPSA) is 51.0 Å². The van der Waals surface area contributed by atoms with Gasteiger partial charge in [-0.2, -0.15) is 0 Å². The molecule has 0 spiro atoms. The van der Waals surface area contributed by atoms with Crippen LogP contribution >= 0.6 is 0 Å². The Morgan fingerprint density at radius 2 is 1.64 bits per heavy atom. The van der Waals surface area contributed by atoms with Gasteiger partial charge < -0.3 is 4.90 Å². The van der Waals surface area contributed by atoms with Crippen molar-refractivity contribution in [1.82, 2.24) is 19.7 Å². The van der Waals surface area contributed by atoms with Crippen LogP contribution in [0.4, 0.5) is 0 Å². The van der Waals surface area contributed by atoms with Crippen molar-refractivity contribution in [2.24, 2.45) is 0 Å². The Balaban J connectivity index is 2.12. The Labute approximate surface area is 147 Å². The molecule has 2 aromatic carbocycles. The molecule has 1 amide bonds. The summed E-state index contributed by atoms with van der Waals surface area (Å²) in [5.41, 5.74) is 2.98. The molecule has 0 unspecified atom stereocenters. The minimum absolute atomic E-state index is 0.145. The lowest BCUT2D eigenvalue weighted by Crippen LogP contribution is -2.31. The summed E-state index contributed by atoms with van der Waals surface area (Å²) in [6.07, 6.45) is 0. The van der Waals surface area contributed by atoms with Crippen LogP contribution in [0.2, 0.25) is 0 Å². The number of aromatic nitrogens is 3. The Bertz CT molecular complexity index is 849. The molecule has 1 aromatic heterocycles. The monoisotopic (exact) mass is 334 g/mol. The predicted molar refractivity (Wildman–Crippen MR) is 98.8 cm³/mol. The van der Waals surface area contributed by atoms with Gasteiger partial charge in [-0.05, 0) is 32.9 Å². The maximum atomic E-state index is 12.7. The highest BCUT2D eigenvalue weighted by Gasteiger charge is 2.21. The number of carbonyl (C=O) groups is 1. The van der Waals surface area contributed by atoms with Crippen molar-refractivity contribution in [2.45, 2.75) is 20.8 Å². The molecule has 0 atom stereocenters. The maximum Gasteiger partial charge on any atom is 0.293 e. The minimum Gasteiger partial charge on any atom is -0.336 e. The van der Waals surface area contributed by atoms with Gasteiger partial charge in [-0.25, -0.2) is 9.67 Å². The molecule has 0 saturated carbocycles. The second-order valence-corrected chi connectivity index (χ2v) is 5.85. The smallest absolute Gasteiger partial charge is 0.293 e. The Morgan fingerprint density at radius 3 is 2.24 bits per heavy atom. The second-order valence-electron chi connectivity index (χ2n) is 5.85. The molecule has 0 radical (unpaired) electrons. The lowest BCUT2D eigenvalue weighted by molar-refractivity contribution is 0.0761. The summed E-state index contributed by atoms with van der Waals surface area (Å²) in [6.45, 7) is 7.22. The highest BCUT2D eigenvalue weighted by atomic mass is 16.2. The lowest BCUT2D eigenvalue weighted by Gasteiger charge is -2.15. The molecule has 3 aromatic rings. The molecule has 5 nitrogen and oxygen atoms in total. The Kier molecular flexibility index (Phi) is 4.93. The molecule has 0 aliphatic heterocycles. The van der Waals surface area contributed by atoms with Gasteiger partial charge in [-0.15, -0.1) is 5.10 Å². The Hall–Kier alpha value is -2.95. The number of benzene rings is 2. The summed E-state index contributed by atoms with van der Waals surface area (Å²) >= 11 is 0. The maximum absolute atomic E-state index is 12.7. The average Bonchev–Trinajstić information content (AvgIpc) is 3.09. The quantitative estimate of drug-likeness (QED) is 0.714. The molecule has 0 N–H and O–H groups in total. The minimum atomic E-state index is -0.145. The normalized spacial score (nSPS) is 10.7. The average molecular weight is 334 g/mol. The Morgan fingerprint density at radius 1 is 1.00 bits per heavy atom. The van der Waals surface area contributed by atoms with Crippen LogP contribution in [0.3, 0.4) is 0 Å². The van der Waals surface area contributed by atoms with Crippen LogP contribution in [0.15, 0.2) is 54.6 Å². The zero-order chi connectivity index (χ0) is 17.8. The molecule has 0 saturated heterocycles. The van der Waals surface area contributed by atoms with E-state index in [1.165, 1.54) is 5.56 Å². The van der Waals surface area contributed by atoms with E-state index >= 15 is 0 Å². The van der Waals surface area contributed by atoms with Gasteiger partial charge in [0.05, 0.1) is 5.69 Å². The standard InChI is InChI=1S/C20H22N4O/c1-4-23(5-2)20(25)18-21-19(16-9-7-6-8-10-16)24(22-18)17-13-11-15(3)12-14-17/h6-14H,4-5H2,1-3H3.